The van der Waals surface area contributed by atoms with Gasteiger partial charge in [0.05, 0.1) is 6.61 Å². The summed E-state index contributed by atoms with van der Waals surface area (Å²) in [6.45, 7) is 5.57. The summed E-state index contributed by atoms with van der Waals surface area (Å²) in [4.78, 5) is 6.55. The summed E-state index contributed by atoms with van der Waals surface area (Å²) < 4.78 is 9.22. The average molecular weight is 244 g/mol. The highest BCUT2D eigenvalue weighted by Crippen LogP contribution is 2.14. The van der Waals surface area contributed by atoms with Crippen molar-refractivity contribution < 1.29 is 4.74 Å². The highest BCUT2D eigenvalue weighted by Gasteiger charge is 2.06. The summed E-state index contributed by atoms with van der Waals surface area (Å²) >= 11 is 1.46. The predicted octanol–water partition coefficient (Wildman–Crippen LogP) is 0.773. The molecule has 0 radical (unpaired) electrons. The van der Waals surface area contributed by atoms with E-state index in [2.05, 4.69) is 26.5 Å². The van der Waals surface area contributed by atoms with Crippen molar-refractivity contribution in [1.82, 2.24) is 14.7 Å². The van der Waals surface area contributed by atoms with E-state index in [0.717, 1.165) is 43.6 Å². The number of aryl methyl sites for hydroxylation is 1. The second-order valence-corrected chi connectivity index (χ2v) is 4.24. The van der Waals surface area contributed by atoms with Gasteiger partial charge in [-0.1, -0.05) is 6.92 Å². The Bertz CT molecular complexity index is 292. The number of ether oxygens (including phenoxy) is 1. The van der Waals surface area contributed by atoms with Crippen molar-refractivity contribution >= 4 is 16.7 Å². The Balaban J connectivity index is 2.21. The average Bonchev–Trinajstić information content (AvgIpc) is 2.77. The number of aromatic nitrogens is 2. The SMILES string of the molecule is CCc1nsc(N(C)CCNCCOC)n1. The van der Waals surface area contributed by atoms with E-state index in [1.165, 1.54) is 11.5 Å². The minimum absolute atomic E-state index is 0.752. The van der Waals surface area contributed by atoms with Crippen LogP contribution in [0.3, 0.4) is 0 Å². The van der Waals surface area contributed by atoms with Gasteiger partial charge in [-0.25, -0.2) is 4.98 Å². The van der Waals surface area contributed by atoms with Crippen LogP contribution in [0.25, 0.3) is 0 Å². The van der Waals surface area contributed by atoms with Crippen LogP contribution in [-0.2, 0) is 11.2 Å². The molecule has 0 aliphatic carbocycles. The van der Waals surface area contributed by atoms with Crippen LogP contribution in [0, 0.1) is 0 Å². The van der Waals surface area contributed by atoms with Crippen LogP contribution in [0.15, 0.2) is 0 Å². The number of hydrogen-bond donors (Lipinski definition) is 1. The van der Waals surface area contributed by atoms with Crippen LogP contribution in [0.5, 0.6) is 0 Å². The molecular weight excluding hydrogens is 224 g/mol. The molecule has 0 spiro atoms. The fraction of sp³-hybridized carbons (Fsp3) is 0.800. The van der Waals surface area contributed by atoms with Gasteiger partial charge in [-0.3, -0.25) is 0 Å². The van der Waals surface area contributed by atoms with Gasteiger partial charge in [0.15, 0.2) is 0 Å². The van der Waals surface area contributed by atoms with Gasteiger partial charge >= 0.3 is 0 Å². The lowest BCUT2D eigenvalue weighted by Crippen LogP contribution is -2.30. The minimum Gasteiger partial charge on any atom is -0.383 e. The molecule has 0 aliphatic heterocycles. The summed E-state index contributed by atoms with van der Waals surface area (Å²) in [5, 5.41) is 4.29. The monoisotopic (exact) mass is 244 g/mol. The van der Waals surface area contributed by atoms with Crippen LogP contribution < -0.4 is 10.2 Å². The Morgan fingerprint density at radius 2 is 2.25 bits per heavy atom. The van der Waals surface area contributed by atoms with E-state index in [-0.39, 0.29) is 0 Å². The molecule has 0 unspecified atom stereocenters. The zero-order chi connectivity index (χ0) is 11.8. The zero-order valence-corrected chi connectivity index (χ0v) is 11.0. The maximum Gasteiger partial charge on any atom is 0.204 e. The standard InChI is InChI=1S/C10H20N4OS/c1-4-9-12-10(16-13-9)14(2)7-5-11-6-8-15-3/h11H,4-8H2,1-3H3. The van der Waals surface area contributed by atoms with Crippen molar-refractivity contribution in [1.29, 1.82) is 0 Å². The molecule has 1 aromatic heterocycles. The van der Waals surface area contributed by atoms with Crippen molar-refractivity contribution in [3.05, 3.63) is 5.82 Å². The van der Waals surface area contributed by atoms with Crippen molar-refractivity contribution in [3.8, 4) is 0 Å². The van der Waals surface area contributed by atoms with Crippen molar-refractivity contribution in [2.45, 2.75) is 13.3 Å². The Kier molecular flexibility index (Phi) is 6.29. The summed E-state index contributed by atoms with van der Waals surface area (Å²) in [7, 11) is 3.75. The Hall–Kier alpha value is -0.720. The first-order chi connectivity index (χ1) is 7.77. The summed E-state index contributed by atoms with van der Waals surface area (Å²) in [5.41, 5.74) is 0. The molecule has 1 N–H and O–H groups in total. The Morgan fingerprint density at radius 1 is 1.44 bits per heavy atom. The topological polar surface area (TPSA) is 50.3 Å². The maximum atomic E-state index is 4.96. The third-order valence-corrected chi connectivity index (χ3v) is 3.08. The molecule has 0 aliphatic rings. The molecule has 5 nitrogen and oxygen atoms in total. The molecular formula is C10H20N4OS. The first kappa shape index (κ1) is 13.3. The first-order valence-electron chi connectivity index (χ1n) is 5.51. The molecule has 0 fully saturated rings. The fourth-order valence-electron chi connectivity index (χ4n) is 1.19. The quantitative estimate of drug-likeness (QED) is 0.685. The minimum atomic E-state index is 0.752. The van der Waals surface area contributed by atoms with E-state index in [0.29, 0.717) is 0 Å². The van der Waals surface area contributed by atoms with Crippen molar-refractivity contribution in [2.24, 2.45) is 0 Å². The van der Waals surface area contributed by atoms with Gasteiger partial charge < -0.3 is 15.0 Å². The van der Waals surface area contributed by atoms with Gasteiger partial charge in [0, 0.05) is 51.7 Å². The third kappa shape index (κ3) is 4.42. The second-order valence-electron chi connectivity index (χ2n) is 3.51. The van der Waals surface area contributed by atoms with E-state index >= 15 is 0 Å². The summed E-state index contributed by atoms with van der Waals surface area (Å²) in [6, 6.07) is 0. The maximum absolute atomic E-state index is 4.96. The Morgan fingerprint density at radius 3 is 2.88 bits per heavy atom. The highest BCUT2D eigenvalue weighted by molar-refractivity contribution is 7.09. The fourth-order valence-corrected chi connectivity index (χ4v) is 1.92. The smallest absolute Gasteiger partial charge is 0.204 e. The van der Waals surface area contributed by atoms with E-state index in [4.69, 9.17) is 4.74 Å². The molecule has 6 heteroatoms. The molecule has 0 saturated carbocycles. The van der Waals surface area contributed by atoms with Crippen LogP contribution in [0.2, 0.25) is 0 Å². The summed E-state index contributed by atoms with van der Waals surface area (Å²) in [5.74, 6) is 0.930. The number of nitrogens with zero attached hydrogens (tertiary/aromatic N) is 3. The lowest BCUT2D eigenvalue weighted by Gasteiger charge is -2.15. The number of hydrogen-bond acceptors (Lipinski definition) is 6. The van der Waals surface area contributed by atoms with Crippen molar-refractivity contribution in [3.63, 3.8) is 0 Å². The van der Waals surface area contributed by atoms with E-state index in [9.17, 15) is 0 Å². The van der Waals surface area contributed by atoms with Gasteiger partial charge in [0.1, 0.15) is 5.82 Å². The molecule has 16 heavy (non-hydrogen) atoms. The van der Waals surface area contributed by atoms with Gasteiger partial charge in [0.2, 0.25) is 5.13 Å². The third-order valence-electron chi connectivity index (χ3n) is 2.21. The summed E-state index contributed by atoms with van der Waals surface area (Å²) in [6.07, 6.45) is 0.899. The van der Waals surface area contributed by atoms with Gasteiger partial charge in [0.25, 0.3) is 0 Å². The molecule has 0 atom stereocenters. The molecule has 0 saturated heterocycles. The normalized spacial score (nSPS) is 10.7. The van der Waals surface area contributed by atoms with Crippen molar-refractivity contribution in [2.75, 3.05) is 45.3 Å². The Labute approximate surface area is 101 Å². The lowest BCUT2D eigenvalue weighted by molar-refractivity contribution is 0.200. The van der Waals surface area contributed by atoms with Gasteiger partial charge in [-0.15, -0.1) is 0 Å². The highest BCUT2D eigenvalue weighted by atomic mass is 32.1. The second kappa shape index (κ2) is 7.54. The number of likely N-dealkylation sites (N-methyl/N-ethyl adjacent to an activating group) is 1. The van der Waals surface area contributed by atoms with Gasteiger partial charge in [-0.05, 0) is 0 Å². The molecule has 0 amide bonds. The van der Waals surface area contributed by atoms with E-state index in [1.807, 2.05) is 7.05 Å². The first-order valence-corrected chi connectivity index (χ1v) is 6.28. The zero-order valence-electron chi connectivity index (χ0n) is 10.2. The lowest BCUT2D eigenvalue weighted by atomic mass is 10.5. The number of nitrogens with one attached hydrogen (secondary N) is 1. The van der Waals surface area contributed by atoms with Crippen LogP contribution in [0.4, 0.5) is 5.13 Å². The van der Waals surface area contributed by atoms with E-state index < -0.39 is 0 Å². The number of methoxy groups -OCH3 is 1. The molecule has 0 bridgehead atoms. The molecule has 0 aromatic carbocycles. The predicted molar refractivity (Wildman–Crippen MR) is 67.3 cm³/mol. The van der Waals surface area contributed by atoms with Crippen LogP contribution in [-0.4, -0.2) is 49.8 Å². The largest absolute Gasteiger partial charge is 0.383 e. The number of rotatable bonds is 8. The van der Waals surface area contributed by atoms with Gasteiger partial charge in [-0.2, -0.15) is 4.37 Å². The molecule has 1 aromatic rings. The number of anilines is 1. The molecule has 92 valence electrons. The van der Waals surface area contributed by atoms with E-state index in [1.54, 1.807) is 7.11 Å². The van der Waals surface area contributed by atoms with Crippen LogP contribution >= 0.6 is 11.5 Å². The molecule has 1 heterocycles. The molecule has 1 rings (SSSR count). The van der Waals surface area contributed by atoms with Crippen LogP contribution in [0.1, 0.15) is 12.7 Å².